The normalized spacial score (nSPS) is 15.3. The Hall–Kier alpha value is -2.84. The van der Waals surface area contributed by atoms with E-state index in [-0.39, 0.29) is 39.5 Å². The Labute approximate surface area is 182 Å². The molecule has 170 valence electrons. The minimum absolute atomic E-state index is 0.0667. The molecule has 0 radical (unpaired) electrons. The molecule has 0 saturated heterocycles. The van der Waals surface area contributed by atoms with Crippen LogP contribution in [0, 0.1) is 0 Å². The highest BCUT2D eigenvalue weighted by Gasteiger charge is 2.33. The van der Waals surface area contributed by atoms with Crippen LogP contribution in [0.25, 0.3) is 0 Å². The van der Waals surface area contributed by atoms with Gasteiger partial charge in [0.2, 0.25) is 0 Å². The third-order valence-corrected chi connectivity index (χ3v) is 5.53. The molecule has 0 heterocycles. The first-order chi connectivity index (χ1) is 14.5. The molecule has 7 heteroatoms. The number of phenols is 1. The van der Waals surface area contributed by atoms with Gasteiger partial charge < -0.3 is 35.7 Å². The van der Waals surface area contributed by atoms with Gasteiger partial charge in [0.15, 0.2) is 0 Å². The molecule has 0 bridgehead atoms. The summed E-state index contributed by atoms with van der Waals surface area (Å²) < 4.78 is 0. The average molecular weight is 433 g/mol. The predicted molar refractivity (Wildman–Crippen MR) is 120 cm³/mol. The van der Waals surface area contributed by atoms with Gasteiger partial charge in [-0.2, -0.15) is 0 Å². The minimum Gasteiger partial charge on any atom is -0.512 e. The van der Waals surface area contributed by atoms with Crippen LogP contribution >= 0.6 is 0 Å². The van der Waals surface area contributed by atoms with Gasteiger partial charge >= 0.3 is 0 Å². The highest BCUT2D eigenvalue weighted by Crippen LogP contribution is 2.42. The van der Waals surface area contributed by atoms with Gasteiger partial charge in [-0.15, -0.1) is 0 Å². The van der Waals surface area contributed by atoms with Crippen LogP contribution in [0.1, 0.15) is 37.5 Å². The van der Waals surface area contributed by atoms with Crippen molar-refractivity contribution >= 4 is 0 Å². The predicted octanol–water partition coefficient (Wildman–Crippen LogP) is 2.95. The molecule has 1 unspecified atom stereocenters. The van der Waals surface area contributed by atoms with E-state index in [0.29, 0.717) is 16.7 Å². The summed E-state index contributed by atoms with van der Waals surface area (Å²) in [5.74, 6) is -0.615. The molecule has 0 aliphatic carbocycles. The maximum absolute atomic E-state index is 10.2. The molecule has 7 N–H and O–H groups in total. The molecule has 0 aliphatic heterocycles. The van der Waals surface area contributed by atoms with Crippen molar-refractivity contribution in [3.05, 3.63) is 87.9 Å². The highest BCUT2D eigenvalue weighted by atomic mass is 16.3. The van der Waals surface area contributed by atoms with Crippen molar-refractivity contribution < 1.29 is 35.7 Å². The van der Waals surface area contributed by atoms with Crippen molar-refractivity contribution in [3.63, 3.8) is 0 Å². The van der Waals surface area contributed by atoms with Crippen molar-refractivity contribution in [1.82, 2.24) is 0 Å². The van der Waals surface area contributed by atoms with E-state index in [0.717, 1.165) is 0 Å². The van der Waals surface area contributed by atoms with Gasteiger partial charge in [-0.25, -0.2) is 0 Å². The van der Waals surface area contributed by atoms with Crippen molar-refractivity contribution in [2.45, 2.75) is 39.4 Å². The molecule has 1 atom stereocenters. The Bertz CT molecular complexity index is 908. The molecule has 31 heavy (non-hydrogen) atoms. The number of benzene rings is 1. The van der Waals surface area contributed by atoms with Crippen LogP contribution in [0.15, 0.2) is 71.3 Å². The Balaban J connectivity index is 3.93. The topological polar surface area (TPSA) is 142 Å². The maximum Gasteiger partial charge on any atom is 0.126 e. The van der Waals surface area contributed by atoms with E-state index < -0.39 is 31.8 Å². The molecule has 0 aliphatic rings. The molecular weight excluding hydrogens is 400 g/mol. The zero-order valence-corrected chi connectivity index (χ0v) is 18.2. The number of hydrogen-bond acceptors (Lipinski definition) is 7. The number of allylic oxidation sites excluding steroid dienone is 4. The molecule has 7 nitrogen and oxygen atoms in total. The Morgan fingerprint density at radius 1 is 0.935 bits per heavy atom. The fraction of sp³-hybridized carbons (Fsp3) is 0.333. The van der Waals surface area contributed by atoms with Crippen LogP contribution in [0.3, 0.4) is 0 Å². The van der Waals surface area contributed by atoms with Gasteiger partial charge in [0.25, 0.3) is 0 Å². The van der Waals surface area contributed by atoms with Crippen LogP contribution < -0.4 is 0 Å². The van der Waals surface area contributed by atoms with Crippen LogP contribution in [0.5, 0.6) is 5.75 Å². The maximum atomic E-state index is 10.2. The van der Waals surface area contributed by atoms with E-state index in [1.54, 1.807) is 32.1 Å². The van der Waals surface area contributed by atoms with E-state index in [2.05, 4.69) is 13.2 Å². The first kappa shape index (κ1) is 26.2. The van der Waals surface area contributed by atoms with Gasteiger partial charge in [-0.1, -0.05) is 24.8 Å². The smallest absolute Gasteiger partial charge is 0.126 e. The van der Waals surface area contributed by atoms with Crippen LogP contribution in [-0.2, 0) is 18.6 Å². The van der Waals surface area contributed by atoms with Gasteiger partial charge in [-0.05, 0) is 50.1 Å². The van der Waals surface area contributed by atoms with E-state index >= 15 is 0 Å². The quantitative estimate of drug-likeness (QED) is 0.223. The number of aliphatic hydroxyl groups is 6. The lowest BCUT2D eigenvalue weighted by Gasteiger charge is -2.34. The third kappa shape index (κ3) is 5.65. The van der Waals surface area contributed by atoms with E-state index in [9.17, 15) is 35.7 Å². The minimum atomic E-state index is -1.05. The Morgan fingerprint density at radius 3 is 1.81 bits per heavy atom. The van der Waals surface area contributed by atoms with Crippen molar-refractivity contribution in [1.29, 1.82) is 0 Å². The molecule has 0 fully saturated rings. The van der Waals surface area contributed by atoms with Crippen LogP contribution in [0.2, 0.25) is 0 Å². The molecule has 0 saturated carbocycles. The molecule has 0 spiro atoms. The fourth-order valence-electron chi connectivity index (χ4n) is 3.20. The summed E-state index contributed by atoms with van der Waals surface area (Å²) in [6.45, 7) is 10.7. The van der Waals surface area contributed by atoms with Crippen molar-refractivity contribution in [2.24, 2.45) is 0 Å². The lowest BCUT2D eigenvalue weighted by Crippen LogP contribution is -2.26. The summed E-state index contributed by atoms with van der Waals surface area (Å²) >= 11 is 0. The zero-order chi connectivity index (χ0) is 23.9. The van der Waals surface area contributed by atoms with E-state index in [4.69, 9.17) is 0 Å². The standard InChI is InChI=1S/C24H32O7/c1-14(6-18(10-25)16(3)29)24(5,15(2)7-19(11-26)17(4)30)22-8-20(12-27)23(31)21(9-22)13-28/h6-9,25-31H,1,3,10-13H2,2,4-5H3/b15-7+,18-6-,19-17-. The molecule has 0 aromatic heterocycles. The number of hydrogen-bond donors (Lipinski definition) is 7. The van der Waals surface area contributed by atoms with Gasteiger partial charge in [0, 0.05) is 27.7 Å². The Morgan fingerprint density at radius 2 is 1.45 bits per heavy atom. The lowest BCUT2D eigenvalue weighted by atomic mass is 9.69. The van der Waals surface area contributed by atoms with Gasteiger partial charge in [0.1, 0.15) is 11.5 Å². The SMILES string of the molecule is C=C(O)/C(=C\C(=C)C(C)(/C(C)=C/C(CO)=C(\C)O)c1cc(CO)c(O)c(CO)c1)CO. The Kier molecular flexibility index (Phi) is 9.27. The van der Waals surface area contributed by atoms with E-state index in [1.165, 1.54) is 13.0 Å². The van der Waals surface area contributed by atoms with Gasteiger partial charge in [0.05, 0.1) is 32.2 Å². The summed E-state index contributed by atoms with van der Waals surface area (Å²) in [7, 11) is 0. The molecular formula is C24H32O7. The molecule has 1 aromatic carbocycles. The largest absolute Gasteiger partial charge is 0.512 e. The average Bonchev–Trinajstić information content (AvgIpc) is 2.74. The second-order valence-corrected chi connectivity index (χ2v) is 7.48. The first-order valence-electron chi connectivity index (χ1n) is 9.62. The number of aromatic hydroxyl groups is 1. The highest BCUT2D eigenvalue weighted by molar-refractivity contribution is 5.55. The van der Waals surface area contributed by atoms with Crippen molar-refractivity contribution in [3.8, 4) is 5.75 Å². The molecule has 1 rings (SSSR count). The summed E-state index contributed by atoms with van der Waals surface area (Å²) in [5, 5.41) is 68.4. The summed E-state index contributed by atoms with van der Waals surface area (Å²) in [6, 6.07) is 3.12. The van der Waals surface area contributed by atoms with Crippen LogP contribution in [0.4, 0.5) is 0 Å². The van der Waals surface area contributed by atoms with Crippen LogP contribution in [-0.4, -0.2) is 49.0 Å². The number of aliphatic hydroxyl groups excluding tert-OH is 6. The lowest BCUT2D eigenvalue weighted by molar-refractivity contribution is 0.263. The number of rotatable bonds is 10. The second-order valence-electron chi connectivity index (χ2n) is 7.48. The first-order valence-corrected chi connectivity index (χ1v) is 9.62. The molecule has 0 amide bonds. The van der Waals surface area contributed by atoms with E-state index in [1.807, 2.05) is 0 Å². The second kappa shape index (κ2) is 11.0. The summed E-state index contributed by atoms with van der Waals surface area (Å²) in [4.78, 5) is 0. The fourth-order valence-corrected chi connectivity index (χ4v) is 3.20. The van der Waals surface area contributed by atoms with Crippen molar-refractivity contribution in [2.75, 3.05) is 13.2 Å². The zero-order valence-electron chi connectivity index (χ0n) is 18.2. The third-order valence-electron chi connectivity index (χ3n) is 5.53. The summed E-state index contributed by atoms with van der Waals surface area (Å²) in [5.41, 5.74) is 1.33. The van der Waals surface area contributed by atoms with Gasteiger partial charge in [-0.3, -0.25) is 0 Å². The summed E-state index contributed by atoms with van der Waals surface area (Å²) in [6.07, 6.45) is 3.06. The molecule has 1 aromatic rings. The monoisotopic (exact) mass is 432 g/mol.